The fourth-order valence-corrected chi connectivity index (χ4v) is 2.89. The van der Waals surface area contributed by atoms with Crippen molar-refractivity contribution >= 4 is 32.9 Å². The van der Waals surface area contributed by atoms with E-state index >= 15 is 0 Å². The first-order chi connectivity index (χ1) is 8.25. The van der Waals surface area contributed by atoms with Gasteiger partial charge in [-0.25, -0.2) is 4.98 Å². The maximum Gasteiger partial charge on any atom is 0.206 e. The van der Waals surface area contributed by atoms with Gasteiger partial charge in [0.25, 0.3) is 0 Å². The Bertz CT molecular complexity index is 541. The predicted octanol–water partition coefficient (Wildman–Crippen LogP) is 3.33. The molecular weight excluding hydrogens is 278 g/mol. The minimum Gasteiger partial charge on any atom is -0.342 e. The number of halogens is 1. The third-order valence-electron chi connectivity index (χ3n) is 3.46. The summed E-state index contributed by atoms with van der Waals surface area (Å²) in [7, 11) is 2.10. The highest BCUT2D eigenvalue weighted by Crippen LogP contribution is 2.25. The summed E-state index contributed by atoms with van der Waals surface area (Å²) in [5.41, 5.74) is 2.27. The fraction of sp³-hybridized carbons (Fsp3) is 0.462. The molecule has 1 saturated heterocycles. The van der Waals surface area contributed by atoms with E-state index in [9.17, 15) is 0 Å². The lowest BCUT2D eigenvalue weighted by Crippen LogP contribution is -2.31. The minimum absolute atomic E-state index is 1.07. The number of imidazole rings is 1. The number of nitrogens with zero attached hydrogens (tertiary/aromatic N) is 3. The quantitative estimate of drug-likeness (QED) is 0.804. The van der Waals surface area contributed by atoms with E-state index in [0.717, 1.165) is 29.0 Å². The summed E-state index contributed by atoms with van der Waals surface area (Å²) < 4.78 is 3.29. The van der Waals surface area contributed by atoms with Crippen LogP contribution in [0.4, 0.5) is 5.95 Å². The Hall–Kier alpha value is -1.03. The second-order valence-electron chi connectivity index (χ2n) is 4.65. The number of piperidine rings is 1. The first kappa shape index (κ1) is 11.1. The summed E-state index contributed by atoms with van der Waals surface area (Å²) in [5, 5.41) is 0. The van der Waals surface area contributed by atoms with Crippen LogP contribution in [0.3, 0.4) is 0 Å². The first-order valence-corrected chi connectivity index (χ1v) is 6.92. The molecule has 1 aliphatic heterocycles. The first-order valence-electron chi connectivity index (χ1n) is 6.12. The van der Waals surface area contributed by atoms with Crippen molar-refractivity contribution in [2.45, 2.75) is 19.3 Å². The summed E-state index contributed by atoms with van der Waals surface area (Å²) in [5.74, 6) is 1.11. The standard InChI is InChI=1S/C13H16BrN3/c1-16-12-6-5-10(14)9-11(12)15-13(16)17-7-3-2-4-8-17/h5-6,9H,2-4,7-8H2,1H3. The van der Waals surface area contributed by atoms with Crippen molar-refractivity contribution in [3.05, 3.63) is 22.7 Å². The van der Waals surface area contributed by atoms with E-state index in [0.29, 0.717) is 0 Å². The predicted molar refractivity (Wildman–Crippen MR) is 74.5 cm³/mol. The van der Waals surface area contributed by atoms with Gasteiger partial charge in [0.2, 0.25) is 5.95 Å². The van der Waals surface area contributed by atoms with Gasteiger partial charge in [-0.15, -0.1) is 0 Å². The van der Waals surface area contributed by atoms with Crippen LogP contribution in [0.5, 0.6) is 0 Å². The van der Waals surface area contributed by atoms with Crippen LogP contribution in [0.15, 0.2) is 22.7 Å². The molecule has 0 spiro atoms. The van der Waals surface area contributed by atoms with Crippen molar-refractivity contribution in [1.29, 1.82) is 0 Å². The zero-order valence-electron chi connectivity index (χ0n) is 9.99. The van der Waals surface area contributed by atoms with Gasteiger partial charge in [-0.2, -0.15) is 0 Å². The third-order valence-corrected chi connectivity index (χ3v) is 3.95. The molecule has 4 heteroatoms. The number of benzene rings is 1. The van der Waals surface area contributed by atoms with Gasteiger partial charge < -0.3 is 9.47 Å². The number of aromatic nitrogens is 2. The molecule has 3 rings (SSSR count). The zero-order chi connectivity index (χ0) is 11.8. The molecule has 3 nitrogen and oxygen atoms in total. The Balaban J connectivity index is 2.07. The van der Waals surface area contributed by atoms with Gasteiger partial charge in [-0.3, -0.25) is 0 Å². The molecule has 0 bridgehead atoms. The molecule has 0 aliphatic carbocycles. The van der Waals surface area contributed by atoms with Crippen LogP contribution in [0.2, 0.25) is 0 Å². The number of hydrogen-bond acceptors (Lipinski definition) is 2. The van der Waals surface area contributed by atoms with E-state index in [2.05, 4.69) is 50.6 Å². The lowest BCUT2D eigenvalue weighted by atomic mass is 10.1. The Morgan fingerprint density at radius 1 is 1.18 bits per heavy atom. The lowest BCUT2D eigenvalue weighted by Gasteiger charge is -2.27. The third kappa shape index (κ3) is 1.95. The van der Waals surface area contributed by atoms with Crippen LogP contribution in [-0.2, 0) is 7.05 Å². The van der Waals surface area contributed by atoms with Crippen LogP contribution in [0.25, 0.3) is 11.0 Å². The van der Waals surface area contributed by atoms with Crippen LogP contribution >= 0.6 is 15.9 Å². The number of aryl methyl sites for hydroxylation is 1. The molecule has 0 unspecified atom stereocenters. The molecule has 1 aromatic heterocycles. The molecule has 1 aromatic carbocycles. The van der Waals surface area contributed by atoms with E-state index < -0.39 is 0 Å². The molecule has 0 saturated carbocycles. The summed E-state index contributed by atoms with van der Waals surface area (Å²) >= 11 is 3.50. The number of rotatable bonds is 1. The van der Waals surface area contributed by atoms with Crippen LogP contribution in [0, 0.1) is 0 Å². The second-order valence-corrected chi connectivity index (χ2v) is 5.57. The van der Waals surface area contributed by atoms with Crippen LogP contribution < -0.4 is 4.90 Å². The molecule has 1 aliphatic rings. The molecule has 0 amide bonds. The zero-order valence-corrected chi connectivity index (χ0v) is 11.6. The van der Waals surface area contributed by atoms with E-state index in [1.54, 1.807) is 0 Å². The molecular formula is C13H16BrN3. The maximum atomic E-state index is 4.76. The Morgan fingerprint density at radius 2 is 1.94 bits per heavy atom. The average molecular weight is 294 g/mol. The van der Waals surface area contributed by atoms with Crippen LogP contribution in [0.1, 0.15) is 19.3 Å². The van der Waals surface area contributed by atoms with Crippen molar-refractivity contribution in [3.63, 3.8) is 0 Å². The van der Waals surface area contributed by atoms with Gasteiger partial charge in [-0.1, -0.05) is 15.9 Å². The average Bonchev–Trinajstić information content (AvgIpc) is 2.67. The molecule has 1 fully saturated rings. The maximum absolute atomic E-state index is 4.76. The second kappa shape index (κ2) is 4.33. The van der Waals surface area contributed by atoms with Gasteiger partial charge in [0.05, 0.1) is 11.0 Å². The van der Waals surface area contributed by atoms with Crippen molar-refractivity contribution in [2.24, 2.45) is 7.05 Å². The number of anilines is 1. The summed E-state index contributed by atoms with van der Waals surface area (Å²) in [6.45, 7) is 2.27. The van der Waals surface area contributed by atoms with E-state index in [1.165, 1.54) is 24.8 Å². The number of hydrogen-bond donors (Lipinski definition) is 0. The SMILES string of the molecule is Cn1c(N2CCCCC2)nc2cc(Br)ccc21. The highest BCUT2D eigenvalue weighted by Gasteiger charge is 2.17. The van der Waals surface area contributed by atoms with Crippen molar-refractivity contribution < 1.29 is 0 Å². The van der Waals surface area contributed by atoms with E-state index in [-0.39, 0.29) is 0 Å². The molecule has 0 N–H and O–H groups in total. The highest BCUT2D eigenvalue weighted by molar-refractivity contribution is 9.10. The lowest BCUT2D eigenvalue weighted by molar-refractivity contribution is 0.563. The van der Waals surface area contributed by atoms with Crippen molar-refractivity contribution in [2.75, 3.05) is 18.0 Å². The largest absolute Gasteiger partial charge is 0.342 e. The summed E-state index contributed by atoms with van der Waals surface area (Å²) in [4.78, 5) is 7.16. The Morgan fingerprint density at radius 3 is 2.71 bits per heavy atom. The van der Waals surface area contributed by atoms with Gasteiger partial charge in [0, 0.05) is 24.6 Å². The normalized spacial score (nSPS) is 16.7. The van der Waals surface area contributed by atoms with Gasteiger partial charge in [0.1, 0.15) is 0 Å². The number of fused-ring (bicyclic) bond motifs is 1. The molecule has 0 radical (unpaired) electrons. The summed E-state index contributed by atoms with van der Waals surface area (Å²) in [6.07, 6.45) is 3.92. The van der Waals surface area contributed by atoms with Crippen LogP contribution in [-0.4, -0.2) is 22.6 Å². The van der Waals surface area contributed by atoms with Crippen molar-refractivity contribution in [1.82, 2.24) is 9.55 Å². The van der Waals surface area contributed by atoms with E-state index in [1.807, 2.05) is 0 Å². The minimum atomic E-state index is 1.07. The molecule has 2 aromatic rings. The van der Waals surface area contributed by atoms with Gasteiger partial charge >= 0.3 is 0 Å². The summed E-state index contributed by atoms with van der Waals surface area (Å²) in [6, 6.07) is 6.28. The molecule has 0 atom stereocenters. The molecule has 90 valence electrons. The van der Waals surface area contributed by atoms with Gasteiger partial charge in [-0.05, 0) is 37.5 Å². The van der Waals surface area contributed by atoms with Crippen molar-refractivity contribution in [3.8, 4) is 0 Å². The fourth-order valence-electron chi connectivity index (χ4n) is 2.54. The van der Waals surface area contributed by atoms with E-state index in [4.69, 9.17) is 4.98 Å². The molecule has 17 heavy (non-hydrogen) atoms. The smallest absolute Gasteiger partial charge is 0.206 e. The molecule has 2 heterocycles. The monoisotopic (exact) mass is 293 g/mol. The highest BCUT2D eigenvalue weighted by atomic mass is 79.9. The Kier molecular flexibility index (Phi) is 2.82. The van der Waals surface area contributed by atoms with Gasteiger partial charge in [0.15, 0.2) is 0 Å². The Labute approximate surface area is 110 Å². The topological polar surface area (TPSA) is 21.1 Å².